The lowest BCUT2D eigenvalue weighted by Crippen LogP contribution is -2.47. The fraction of sp³-hybridized carbons (Fsp3) is 0.550. The Morgan fingerprint density at radius 2 is 2.08 bits per heavy atom. The van der Waals surface area contributed by atoms with Crippen molar-refractivity contribution >= 4 is 5.91 Å². The first-order chi connectivity index (χ1) is 12.6. The van der Waals surface area contributed by atoms with Crippen LogP contribution < -0.4 is 0 Å². The normalized spacial score (nSPS) is 22.4. The Morgan fingerprint density at radius 1 is 1.27 bits per heavy atom. The van der Waals surface area contributed by atoms with E-state index in [4.69, 9.17) is 13.6 Å². The number of furan rings is 2. The third kappa shape index (κ3) is 3.31. The summed E-state index contributed by atoms with van der Waals surface area (Å²) in [4.78, 5) is 16.9. The van der Waals surface area contributed by atoms with Crippen LogP contribution in [0.2, 0.25) is 0 Å². The van der Waals surface area contributed by atoms with Crippen molar-refractivity contribution in [2.75, 3.05) is 26.7 Å². The standard InChI is InChI=1S/C20H26N2O4/c1-15-18(5-11-24-15)19(23)22-8-6-20(7-9-22)12-16(14-26-20)21(2)13-17-4-3-10-25-17/h3-5,10-11,16H,6-9,12-14H2,1-2H3/t16-/m1/s1. The van der Waals surface area contributed by atoms with Crippen LogP contribution in [-0.2, 0) is 11.3 Å². The van der Waals surface area contributed by atoms with Gasteiger partial charge in [0.2, 0.25) is 0 Å². The summed E-state index contributed by atoms with van der Waals surface area (Å²) in [6, 6.07) is 6.07. The minimum Gasteiger partial charge on any atom is -0.469 e. The van der Waals surface area contributed by atoms with E-state index in [0.29, 0.717) is 17.4 Å². The fourth-order valence-corrected chi connectivity index (χ4v) is 4.12. The highest BCUT2D eigenvalue weighted by Crippen LogP contribution is 2.38. The van der Waals surface area contributed by atoms with Gasteiger partial charge in [-0.25, -0.2) is 0 Å². The van der Waals surface area contributed by atoms with Gasteiger partial charge in [0.1, 0.15) is 11.5 Å². The number of ether oxygens (including phenoxy) is 1. The molecule has 1 amide bonds. The van der Waals surface area contributed by atoms with Crippen molar-refractivity contribution in [3.8, 4) is 0 Å². The van der Waals surface area contributed by atoms with Gasteiger partial charge >= 0.3 is 0 Å². The third-order valence-corrected chi connectivity index (χ3v) is 5.85. The van der Waals surface area contributed by atoms with E-state index >= 15 is 0 Å². The summed E-state index contributed by atoms with van der Waals surface area (Å²) in [6.45, 7) is 4.84. The van der Waals surface area contributed by atoms with Crippen molar-refractivity contribution in [2.24, 2.45) is 0 Å². The van der Waals surface area contributed by atoms with Crippen LogP contribution in [0.1, 0.15) is 41.1 Å². The van der Waals surface area contributed by atoms with Crippen molar-refractivity contribution in [1.82, 2.24) is 9.80 Å². The molecule has 0 saturated carbocycles. The zero-order chi connectivity index (χ0) is 18.1. The molecule has 0 bridgehead atoms. The highest BCUT2D eigenvalue weighted by atomic mass is 16.5. The molecule has 2 aromatic rings. The van der Waals surface area contributed by atoms with Gasteiger partial charge in [-0.3, -0.25) is 9.69 Å². The van der Waals surface area contributed by atoms with Gasteiger partial charge in [-0.2, -0.15) is 0 Å². The van der Waals surface area contributed by atoms with E-state index in [1.807, 2.05) is 24.0 Å². The first kappa shape index (κ1) is 17.4. The molecule has 0 N–H and O–H groups in total. The number of hydrogen-bond donors (Lipinski definition) is 0. The molecule has 2 aliphatic heterocycles. The van der Waals surface area contributed by atoms with Crippen molar-refractivity contribution in [1.29, 1.82) is 0 Å². The van der Waals surface area contributed by atoms with Gasteiger partial charge in [0.25, 0.3) is 5.91 Å². The molecule has 0 unspecified atom stereocenters. The van der Waals surface area contributed by atoms with Gasteiger partial charge < -0.3 is 18.5 Å². The van der Waals surface area contributed by atoms with Crippen molar-refractivity contribution in [2.45, 2.75) is 44.4 Å². The molecule has 4 rings (SSSR count). The number of piperidine rings is 1. The summed E-state index contributed by atoms with van der Waals surface area (Å²) >= 11 is 0. The molecule has 0 aromatic carbocycles. The average molecular weight is 358 g/mol. The minimum atomic E-state index is -0.0929. The molecule has 4 heterocycles. The van der Waals surface area contributed by atoms with Gasteiger partial charge in [-0.1, -0.05) is 0 Å². The van der Waals surface area contributed by atoms with E-state index in [9.17, 15) is 4.79 Å². The SMILES string of the molecule is Cc1occc1C(=O)N1CCC2(CC1)C[C@@H](N(C)Cc1ccco1)CO2. The van der Waals surface area contributed by atoms with E-state index in [1.165, 1.54) is 0 Å². The third-order valence-electron chi connectivity index (χ3n) is 5.85. The average Bonchev–Trinajstić information content (AvgIpc) is 3.37. The molecule has 6 nitrogen and oxygen atoms in total. The van der Waals surface area contributed by atoms with E-state index in [2.05, 4.69) is 11.9 Å². The van der Waals surface area contributed by atoms with Crippen LogP contribution in [0, 0.1) is 6.92 Å². The van der Waals surface area contributed by atoms with Crippen LogP contribution >= 0.6 is 0 Å². The number of likely N-dealkylation sites (N-methyl/N-ethyl adjacent to an activating group) is 1. The van der Waals surface area contributed by atoms with E-state index in [-0.39, 0.29) is 11.5 Å². The number of amides is 1. The molecule has 2 fully saturated rings. The lowest BCUT2D eigenvalue weighted by Gasteiger charge is -2.39. The Hall–Kier alpha value is -2.05. The van der Waals surface area contributed by atoms with Crippen LogP contribution in [0.25, 0.3) is 0 Å². The topological polar surface area (TPSA) is 59.1 Å². The number of nitrogens with zero attached hydrogens (tertiary/aromatic N) is 2. The molecule has 2 aliphatic rings. The Labute approximate surface area is 153 Å². The van der Waals surface area contributed by atoms with Gasteiger partial charge in [0.05, 0.1) is 36.8 Å². The molecular formula is C20H26N2O4. The number of aryl methyl sites for hydroxylation is 1. The highest BCUT2D eigenvalue weighted by molar-refractivity contribution is 5.95. The lowest BCUT2D eigenvalue weighted by atomic mass is 9.87. The Bertz CT molecular complexity index is 744. The van der Waals surface area contributed by atoms with Gasteiger partial charge in [-0.05, 0) is 51.4 Å². The zero-order valence-corrected chi connectivity index (χ0v) is 15.4. The second-order valence-electron chi connectivity index (χ2n) is 7.53. The quantitative estimate of drug-likeness (QED) is 0.841. The molecule has 1 atom stereocenters. The maximum atomic E-state index is 12.6. The molecule has 6 heteroatoms. The second-order valence-corrected chi connectivity index (χ2v) is 7.53. The first-order valence-electron chi connectivity index (χ1n) is 9.26. The van der Waals surface area contributed by atoms with Crippen LogP contribution in [0.3, 0.4) is 0 Å². The molecule has 0 radical (unpaired) electrons. The van der Waals surface area contributed by atoms with Crippen molar-refractivity contribution < 1.29 is 18.4 Å². The maximum absolute atomic E-state index is 12.6. The largest absolute Gasteiger partial charge is 0.469 e. The number of hydrogen-bond acceptors (Lipinski definition) is 5. The Balaban J connectivity index is 1.33. The summed E-state index contributed by atoms with van der Waals surface area (Å²) in [5.41, 5.74) is 0.578. The zero-order valence-electron chi connectivity index (χ0n) is 15.4. The summed E-state index contributed by atoms with van der Waals surface area (Å²) in [6.07, 6.45) is 6.08. The first-order valence-corrected chi connectivity index (χ1v) is 9.26. The van der Waals surface area contributed by atoms with E-state index < -0.39 is 0 Å². The summed E-state index contributed by atoms with van der Waals surface area (Å²) in [5, 5.41) is 0. The molecule has 0 aliphatic carbocycles. The maximum Gasteiger partial charge on any atom is 0.257 e. The van der Waals surface area contributed by atoms with Gasteiger partial charge in [0, 0.05) is 19.1 Å². The summed E-state index contributed by atoms with van der Waals surface area (Å²) in [5.74, 6) is 1.73. The predicted octanol–water partition coefficient (Wildman–Crippen LogP) is 3.08. The van der Waals surface area contributed by atoms with Crippen molar-refractivity contribution in [3.63, 3.8) is 0 Å². The molecule has 2 saturated heterocycles. The smallest absolute Gasteiger partial charge is 0.257 e. The molecule has 26 heavy (non-hydrogen) atoms. The minimum absolute atomic E-state index is 0.0654. The lowest BCUT2D eigenvalue weighted by molar-refractivity contribution is -0.0393. The number of likely N-dealkylation sites (tertiary alicyclic amines) is 1. The molecule has 140 valence electrons. The fourth-order valence-electron chi connectivity index (χ4n) is 4.12. The number of carbonyl (C=O) groups excluding carboxylic acids is 1. The van der Waals surface area contributed by atoms with Gasteiger partial charge in [0.15, 0.2) is 0 Å². The van der Waals surface area contributed by atoms with Crippen molar-refractivity contribution in [3.05, 3.63) is 47.8 Å². The van der Waals surface area contributed by atoms with E-state index in [1.54, 1.807) is 18.6 Å². The van der Waals surface area contributed by atoms with Crippen LogP contribution in [-0.4, -0.2) is 54.1 Å². The van der Waals surface area contributed by atoms with Crippen LogP contribution in [0.5, 0.6) is 0 Å². The molecular weight excluding hydrogens is 332 g/mol. The molecule has 1 spiro atoms. The monoisotopic (exact) mass is 358 g/mol. The predicted molar refractivity (Wildman–Crippen MR) is 95.8 cm³/mol. The Morgan fingerprint density at radius 3 is 2.73 bits per heavy atom. The second kappa shape index (κ2) is 6.93. The van der Waals surface area contributed by atoms with Crippen LogP contribution in [0.4, 0.5) is 0 Å². The summed E-state index contributed by atoms with van der Waals surface area (Å²) < 4.78 is 17.0. The van der Waals surface area contributed by atoms with Crippen LogP contribution in [0.15, 0.2) is 39.6 Å². The van der Waals surface area contributed by atoms with Gasteiger partial charge in [-0.15, -0.1) is 0 Å². The number of rotatable bonds is 4. The number of carbonyl (C=O) groups is 1. The Kier molecular flexibility index (Phi) is 4.63. The molecule has 2 aromatic heterocycles. The summed E-state index contributed by atoms with van der Waals surface area (Å²) in [7, 11) is 2.12. The van der Waals surface area contributed by atoms with E-state index in [0.717, 1.165) is 51.3 Å². The highest BCUT2D eigenvalue weighted by Gasteiger charge is 2.44.